The molecule has 4 aromatic heterocycles. The van der Waals surface area contributed by atoms with Crippen LogP contribution in [-0.4, -0.2) is 55.6 Å². The molecule has 5 heterocycles. The van der Waals surface area contributed by atoms with Gasteiger partial charge in [-0.25, -0.2) is 19.7 Å². The van der Waals surface area contributed by atoms with Crippen molar-refractivity contribution in [2.75, 3.05) is 29.9 Å². The summed E-state index contributed by atoms with van der Waals surface area (Å²) in [5, 5.41) is 1.04. The van der Waals surface area contributed by atoms with E-state index >= 15 is 0 Å². The van der Waals surface area contributed by atoms with E-state index < -0.39 is 0 Å². The van der Waals surface area contributed by atoms with Crippen LogP contribution in [0.5, 0.6) is 0 Å². The highest BCUT2D eigenvalue weighted by atomic mass is 16.1. The largest absolute Gasteiger partial charge is 0.354 e. The Balaban J connectivity index is 1.45. The minimum Gasteiger partial charge on any atom is -0.354 e. The average molecular weight is 364 g/mol. The predicted octanol–water partition coefficient (Wildman–Crippen LogP) is 1.63. The SMILES string of the molecule is CN(c1ccc2[nH]c(=O)[nH]c2n1)C1(C)CCN(c2ncnc3[nH]ccc23)C1. The van der Waals surface area contributed by atoms with Gasteiger partial charge in [0.2, 0.25) is 0 Å². The predicted molar refractivity (Wildman–Crippen MR) is 104 cm³/mol. The van der Waals surface area contributed by atoms with Crippen LogP contribution in [0, 0.1) is 0 Å². The third-order valence-corrected chi connectivity index (χ3v) is 5.60. The molecule has 4 aromatic rings. The van der Waals surface area contributed by atoms with Crippen molar-refractivity contribution in [3.8, 4) is 0 Å². The van der Waals surface area contributed by atoms with Crippen molar-refractivity contribution < 1.29 is 0 Å². The van der Waals surface area contributed by atoms with Crippen molar-refractivity contribution in [1.29, 1.82) is 0 Å². The Morgan fingerprint density at radius 3 is 2.96 bits per heavy atom. The van der Waals surface area contributed by atoms with E-state index in [0.29, 0.717) is 11.2 Å². The first-order valence-electron chi connectivity index (χ1n) is 8.89. The zero-order chi connectivity index (χ0) is 18.6. The van der Waals surface area contributed by atoms with E-state index in [9.17, 15) is 4.79 Å². The lowest BCUT2D eigenvalue weighted by atomic mass is 9.99. The molecule has 0 spiro atoms. The molecule has 3 N–H and O–H groups in total. The van der Waals surface area contributed by atoms with E-state index in [2.05, 4.69) is 46.6 Å². The van der Waals surface area contributed by atoms with Crippen molar-refractivity contribution in [3.05, 3.63) is 41.2 Å². The molecule has 9 nitrogen and oxygen atoms in total. The zero-order valence-electron chi connectivity index (χ0n) is 15.2. The molecule has 1 fully saturated rings. The van der Waals surface area contributed by atoms with E-state index in [4.69, 9.17) is 0 Å². The standard InChI is InChI=1S/C18H20N8O/c1-18(25(2)13-4-3-12-15(23-13)24-17(27)22-12)6-8-26(9-18)16-11-5-7-19-14(11)20-10-21-16/h3-5,7,10H,6,8-9H2,1-2H3,(H,19,20,21)(H2,22,23,24,27). The van der Waals surface area contributed by atoms with Gasteiger partial charge in [0.05, 0.1) is 16.4 Å². The molecule has 27 heavy (non-hydrogen) atoms. The van der Waals surface area contributed by atoms with Crippen molar-refractivity contribution in [1.82, 2.24) is 29.9 Å². The Bertz CT molecular complexity index is 1190. The summed E-state index contributed by atoms with van der Waals surface area (Å²) in [4.78, 5) is 38.0. The number of imidazole rings is 1. The van der Waals surface area contributed by atoms with Crippen molar-refractivity contribution in [2.24, 2.45) is 0 Å². The second kappa shape index (κ2) is 5.57. The number of fused-ring (bicyclic) bond motifs is 2. The molecular weight excluding hydrogens is 344 g/mol. The number of anilines is 2. The summed E-state index contributed by atoms with van der Waals surface area (Å²) in [5.74, 6) is 1.79. The first kappa shape index (κ1) is 15.9. The monoisotopic (exact) mass is 364 g/mol. The third-order valence-electron chi connectivity index (χ3n) is 5.60. The summed E-state index contributed by atoms with van der Waals surface area (Å²) in [6, 6.07) is 5.84. The molecule has 0 amide bonds. The van der Waals surface area contributed by atoms with E-state index in [1.807, 2.05) is 31.4 Å². The minimum atomic E-state index is -0.241. The van der Waals surface area contributed by atoms with Gasteiger partial charge in [-0.05, 0) is 31.5 Å². The first-order valence-corrected chi connectivity index (χ1v) is 8.89. The highest BCUT2D eigenvalue weighted by Crippen LogP contribution is 2.34. The number of hydrogen-bond donors (Lipinski definition) is 3. The van der Waals surface area contributed by atoms with Crippen molar-refractivity contribution in [3.63, 3.8) is 0 Å². The molecule has 0 saturated carbocycles. The van der Waals surface area contributed by atoms with Crippen LogP contribution in [0.4, 0.5) is 11.6 Å². The van der Waals surface area contributed by atoms with Gasteiger partial charge in [-0.15, -0.1) is 0 Å². The second-order valence-corrected chi connectivity index (χ2v) is 7.31. The quantitative estimate of drug-likeness (QED) is 0.510. The van der Waals surface area contributed by atoms with Gasteiger partial charge in [0.1, 0.15) is 23.6 Å². The van der Waals surface area contributed by atoms with Crippen molar-refractivity contribution >= 4 is 33.8 Å². The molecule has 0 aliphatic carbocycles. The number of pyridine rings is 1. The summed E-state index contributed by atoms with van der Waals surface area (Å²) >= 11 is 0. The second-order valence-electron chi connectivity index (χ2n) is 7.31. The molecule has 5 rings (SSSR count). The van der Waals surface area contributed by atoms with Crippen LogP contribution in [-0.2, 0) is 0 Å². The number of aromatic nitrogens is 6. The normalized spacial score (nSPS) is 20.0. The molecule has 0 radical (unpaired) electrons. The van der Waals surface area contributed by atoms with Crippen LogP contribution >= 0.6 is 0 Å². The summed E-state index contributed by atoms with van der Waals surface area (Å²) in [5.41, 5.74) is 1.80. The van der Waals surface area contributed by atoms with Gasteiger partial charge in [-0.2, -0.15) is 0 Å². The molecule has 1 aliphatic heterocycles. The van der Waals surface area contributed by atoms with Gasteiger partial charge in [-0.1, -0.05) is 0 Å². The third kappa shape index (κ3) is 2.46. The number of aromatic amines is 3. The van der Waals surface area contributed by atoms with Gasteiger partial charge in [-0.3, -0.25) is 4.98 Å². The average Bonchev–Trinajstić information content (AvgIpc) is 3.37. The maximum atomic E-state index is 11.5. The lowest BCUT2D eigenvalue weighted by molar-refractivity contribution is 0.487. The fourth-order valence-electron chi connectivity index (χ4n) is 3.88. The van der Waals surface area contributed by atoms with E-state index in [0.717, 1.165) is 42.2 Å². The van der Waals surface area contributed by atoms with Crippen LogP contribution < -0.4 is 15.5 Å². The Morgan fingerprint density at radius 2 is 2.07 bits per heavy atom. The van der Waals surface area contributed by atoms with Gasteiger partial charge in [0.15, 0.2) is 5.65 Å². The van der Waals surface area contributed by atoms with Gasteiger partial charge < -0.3 is 19.8 Å². The topological polar surface area (TPSA) is 110 Å². The lowest BCUT2D eigenvalue weighted by Gasteiger charge is -2.36. The lowest BCUT2D eigenvalue weighted by Crippen LogP contribution is -2.46. The fourth-order valence-corrected chi connectivity index (χ4v) is 3.88. The molecule has 138 valence electrons. The summed E-state index contributed by atoms with van der Waals surface area (Å²) in [6.07, 6.45) is 4.47. The molecule has 1 aliphatic rings. The minimum absolute atomic E-state index is 0.106. The van der Waals surface area contributed by atoms with Crippen LogP contribution in [0.2, 0.25) is 0 Å². The Kier molecular flexibility index (Phi) is 3.27. The highest BCUT2D eigenvalue weighted by Gasteiger charge is 2.39. The zero-order valence-corrected chi connectivity index (χ0v) is 15.2. The van der Waals surface area contributed by atoms with Gasteiger partial charge in [0, 0.05) is 26.3 Å². The maximum absolute atomic E-state index is 11.5. The Labute approximate surface area is 154 Å². The Morgan fingerprint density at radius 1 is 1.19 bits per heavy atom. The fraction of sp³-hybridized carbons (Fsp3) is 0.333. The summed E-state index contributed by atoms with van der Waals surface area (Å²) in [7, 11) is 2.05. The summed E-state index contributed by atoms with van der Waals surface area (Å²) in [6.45, 7) is 3.96. The van der Waals surface area contributed by atoms with Crippen LogP contribution in [0.3, 0.4) is 0 Å². The highest BCUT2D eigenvalue weighted by molar-refractivity contribution is 5.87. The van der Waals surface area contributed by atoms with Crippen LogP contribution in [0.15, 0.2) is 35.5 Å². The first-order chi connectivity index (χ1) is 13.0. The maximum Gasteiger partial charge on any atom is 0.325 e. The molecule has 1 unspecified atom stereocenters. The number of H-pyrrole nitrogens is 3. The number of rotatable bonds is 3. The Hall–Kier alpha value is -3.36. The molecule has 0 aromatic carbocycles. The van der Waals surface area contributed by atoms with E-state index in [1.54, 1.807) is 6.33 Å². The molecule has 1 saturated heterocycles. The van der Waals surface area contributed by atoms with Crippen LogP contribution in [0.25, 0.3) is 22.2 Å². The number of hydrogen-bond acceptors (Lipinski definition) is 6. The number of likely N-dealkylation sites (N-methyl/N-ethyl adjacent to an activating group) is 1. The molecule has 1 atom stereocenters. The number of nitrogens with one attached hydrogen (secondary N) is 3. The van der Waals surface area contributed by atoms with Gasteiger partial charge in [0.25, 0.3) is 0 Å². The molecular formula is C18H20N8O. The number of nitrogens with zero attached hydrogens (tertiary/aromatic N) is 5. The summed E-state index contributed by atoms with van der Waals surface area (Å²) < 4.78 is 0. The van der Waals surface area contributed by atoms with E-state index in [1.165, 1.54) is 0 Å². The molecule has 9 heteroatoms. The molecule has 0 bridgehead atoms. The van der Waals surface area contributed by atoms with Crippen molar-refractivity contribution in [2.45, 2.75) is 18.9 Å². The van der Waals surface area contributed by atoms with Gasteiger partial charge >= 0.3 is 5.69 Å². The van der Waals surface area contributed by atoms with E-state index in [-0.39, 0.29) is 11.2 Å². The smallest absolute Gasteiger partial charge is 0.325 e. The van der Waals surface area contributed by atoms with Crippen LogP contribution in [0.1, 0.15) is 13.3 Å².